The van der Waals surface area contributed by atoms with Gasteiger partial charge in [-0.1, -0.05) is 12.1 Å². The molecule has 31 heavy (non-hydrogen) atoms. The van der Waals surface area contributed by atoms with Gasteiger partial charge in [-0.15, -0.1) is 0 Å². The summed E-state index contributed by atoms with van der Waals surface area (Å²) < 4.78 is 0. The lowest BCUT2D eigenvalue weighted by atomic mass is 9.95. The molecule has 3 rings (SSSR count). The van der Waals surface area contributed by atoms with Gasteiger partial charge in [0, 0.05) is 77.6 Å². The molecule has 1 aromatic carbocycles. The van der Waals surface area contributed by atoms with Crippen molar-refractivity contribution in [2.24, 2.45) is 5.92 Å². The largest absolute Gasteiger partial charge is 0.369 e. The average Bonchev–Trinajstić information content (AvgIpc) is 2.77. The van der Waals surface area contributed by atoms with E-state index < -0.39 is 0 Å². The van der Waals surface area contributed by atoms with Gasteiger partial charge in [-0.25, -0.2) is 4.79 Å². The number of hydrogen-bond donors (Lipinski definition) is 1. The van der Waals surface area contributed by atoms with Crippen LogP contribution in [0.4, 0.5) is 10.5 Å². The number of amides is 3. The van der Waals surface area contributed by atoms with E-state index in [0.29, 0.717) is 13.1 Å². The third-order valence-corrected chi connectivity index (χ3v) is 6.52. The number of benzene rings is 1. The molecule has 172 valence electrons. The van der Waals surface area contributed by atoms with Crippen LogP contribution in [0.2, 0.25) is 0 Å². The number of anilines is 1. The summed E-state index contributed by atoms with van der Waals surface area (Å²) >= 11 is 0. The molecule has 2 fully saturated rings. The monoisotopic (exact) mass is 429 g/mol. The Morgan fingerprint density at radius 1 is 1.10 bits per heavy atom. The van der Waals surface area contributed by atoms with Gasteiger partial charge in [0.15, 0.2) is 0 Å². The first kappa shape index (κ1) is 23.4. The topological polar surface area (TPSA) is 59.1 Å². The molecule has 2 aliphatic rings. The molecule has 0 aromatic heterocycles. The summed E-state index contributed by atoms with van der Waals surface area (Å²) in [5.74, 6) is 0.167. The van der Waals surface area contributed by atoms with Crippen LogP contribution in [0.5, 0.6) is 0 Å². The molecule has 1 aromatic rings. The summed E-state index contributed by atoms with van der Waals surface area (Å²) in [6, 6.07) is 8.93. The fraction of sp³-hybridized carbons (Fsp3) is 0.667. The van der Waals surface area contributed by atoms with Crippen LogP contribution in [-0.4, -0.2) is 92.6 Å². The Morgan fingerprint density at radius 3 is 2.39 bits per heavy atom. The van der Waals surface area contributed by atoms with Crippen LogP contribution in [0.3, 0.4) is 0 Å². The maximum absolute atomic E-state index is 12.7. The summed E-state index contributed by atoms with van der Waals surface area (Å²) in [6.07, 6.45) is 2.46. The lowest BCUT2D eigenvalue weighted by Gasteiger charge is -2.37. The Morgan fingerprint density at radius 2 is 1.77 bits per heavy atom. The van der Waals surface area contributed by atoms with Crippen molar-refractivity contribution in [3.8, 4) is 0 Å². The van der Waals surface area contributed by atoms with Crippen molar-refractivity contribution in [1.82, 2.24) is 20.0 Å². The Bertz CT molecular complexity index is 737. The highest BCUT2D eigenvalue weighted by Gasteiger charge is 2.28. The number of aryl methyl sites for hydroxylation is 1. The van der Waals surface area contributed by atoms with E-state index in [2.05, 4.69) is 53.2 Å². The highest BCUT2D eigenvalue weighted by molar-refractivity contribution is 5.79. The number of carbonyl (C=O) groups excluding carboxylic acids is 2. The fourth-order valence-electron chi connectivity index (χ4n) is 4.48. The van der Waals surface area contributed by atoms with E-state index in [-0.39, 0.29) is 23.9 Å². The number of urea groups is 1. The molecule has 1 N–H and O–H groups in total. The second kappa shape index (κ2) is 10.8. The molecule has 1 unspecified atom stereocenters. The van der Waals surface area contributed by atoms with E-state index in [4.69, 9.17) is 0 Å². The molecule has 3 amide bonds. The number of carbonyl (C=O) groups is 2. The summed E-state index contributed by atoms with van der Waals surface area (Å²) in [5, 5.41) is 3.21. The molecule has 7 nitrogen and oxygen atoms in total. The zero-order chi connectivity index (χ0) is 22.4. The molecule has 7 heteroatoms. The molecule has 0 spiro atoms. The van der Waals surface area contributed by atoms with Crippen LogP contribution in [0.1, 0.15) is 31.7 Å². The van der Waals surface area contributed by atoms with Gasteiger partial charge in [0.25, 0.3) is 0 Å². The summed E-state index contributed by atoms with van der Waals surface area (Å²) in [6.45, 7) is 10.8. The van der Waals surface area contributed by atoms with Crippen LogP contribution in [0.25, 0.3) is 0 Å². The zero-order valence-corrected chi connectivity index (χ0v) is 19.6. The molecule has 0 aliphatic carbocycles. The van der Waals surface area contributed by atoms with Crippen molar-refractivity contribution in [1.29, 1.82) is 0 Å². The second-order valence-corrected chi connectivity index (χ2v) is 9.30. The molecular formula is C24H39N5O2. The standard InChI is InChI=1S/C24H39N5O2/c1-19-6-5-7-22(18-19)28-16-14-27(15-17-28)11-8-20(2)25-23(30)21-9-12-29(13-10-21)24(31)26(3)4/h5-7,18,20-21H,8-17H2,1-4H3,(H,25,30). The summed E-state index contributed by atoms with van der Waals surface area (Å²) in [4.78, 5) is 33.1. The zero-order valence-electron chi connectivity index (χ0n) is 19.6. The fourth-order valence-corrected chi connectivity index (χ4v) is 4.48. The minimum atomic E-state index is 0.0199. The van der Waals surface area contributed by atoms with Gasteiger partial charge in [0.2, 0.25) is 5.91 Å². The molecule has 2 saturated heterocycles. The van der Waals surface area contributed by atoms with E-state index in [9.17, 15) is 9.59 Å². The first-order valence-electron chi connectivity index (χ1n) is 11.6. The van der Waals surface area contributed by atoms with Crippen LogP contribution < -0.4 is 10.2 Å². The van der Waals surface area contributed by atoms with Crippen molar-refractivity contribution in [3.63, 3.8) is 0 Å². The average molecular weight is 430 g/mol. The quantitative estimate of drug-likeness (QED) is 0.755. The number of nitrogens with zero attached hydrogens (tertiary/aromatic N) is 4. The van der Waals surface area contributed by atoms with Gasteiger partial charge >= 0.3 is 6.03 Å². The molecular weight excluding hydrogens is 390 g/mol. The van der Waals surface area contributed by atoms with Crippen molar-refractivity contribution in [2.45, 2.75) is 39.2 Å². The molecule has 1 atom stereocenters. The van der Waals surface area contributed by atoms with Crippen molar-refractivity contribution >= 4 is 17.6 Å². The smallest absolute Gasteiger partial charge is 0.319 e. The highest BCUT2D eigenvalue weighted by atomic mass is 16.2. The van der Waals surface area contributed by atoms with Crippen molar-refractivity contribution in [2.75, 3.05) is 64.8 Å². The third kappa shape index (κ3) is 6.60. The first-order valence-corrected chi connectivity index (χ1v) is 11.6. The van der Waals surface area contributed by atoms with E-state index >= 15 is 0 Å². The predicted molar refractivity (Wildman–Crippen MR) is 125 cm³/mol. The van der Waals surface area contributed by atoms with Crippen LogP contribution >= 0.6 is 0 Å². The lowest BCUT2D eigenvalue weighted by molar-refractivity contribution is -0.126. The number of piperidine rings is 1. The Kier molecular flexibility index (Phi) is 8.18. The maximum Gasteiger partial charge on any atom is 0.319 e. The van der Waals surface area contributed by atoms with Crippen LogP contribution in [0.15, 0.2) is 24.3 Å². The Labute approximate surface area is 187 Å². The molecule has 0 bridgehead atoms. The van der Waals surface area contributed by atoms with Crippen LogP contribution in [-0.2, 0) is 4.79 Å². The number of likely N-dealkylation sites (tertiary alicyclic amines) is 1. The summed E-state index contributed by atoms with van der Waals surface area (Å²) in [7, 11) is 3.54. The lowest BCUT2D eigenvalue weighted by Crippen LogP contribution is -2.49. The number of hydrogen-bond acceptors (Lipinski definition) is 4. The van der Waals surface area contributed by atoms with E-state index in [0.717, 1.165) is 52.0 Å². The van der Waals surface area contributed by atoms with Gasteiger partial charge in [0.05, 0.1) is 0 Å². The molecule has 2 heterocycles. The third-order valence-electron chi connectivity index (χ3n) is 6.52. The minimum absolute atomic E-state index is 0.0199. The van der Waals surface area contributed by atoms with E-state index in [1.807, 2.05) is 4.90 Å². The van der Waals surface area contributed by atoms with Crippen LogP contribution in [0, 0.1) is 12.8 Å². The second-order valence-electron chi connectivity index (χ2n) is 9.30. The van der Waals surface area contributed by atoms with Crippen molar-refractivity contribution in [3.05, 3.63) is 29.8 Å². The summed E-state index contributed by atoms with van der Waals surface area (Å²) in [5.41, 5.74) is 2.62. The van der Waals surface area contributed by atoms with Gasteiger partial charge in [0.1, 0.15) is 0 Å². The van der Waals surface area contributed by atoms with E-state index in [1.54, 1.807) is 19.0 Å². The van der Waals surface area contributed by atoms with Crippen molar-refractivity contribution < 1.29 is 9.59 Å². The highest BCUT2D eigenvalue weighted by Crippen LogP contribution is 2.19. The first-order chi connectivity index (χ1) is 14.8. The number of rotatable bonds is 6. The normalized spacial score (nSPS) is 19.2. The van der Waals surface area contributed by atoms with Gasteiger partial charge in [-0.3, -0.25) is 9.69 Å². The van der Waals surface area contributed by atoms with Gasteiger partial charge < -0.3 is 20.0 Å². The van der Waals surface area contributed by atoms with Gasteiger partial charge in [-0.05, 0) is 50.8 Å². The minimum Gasteiger partial charge on any atom is -0.369 e. The van der Waals surface area contributed by atoms with Gasteiger partial charge in [-0.2, -0.15) is 0 Å². The van der Waals surface area contributed by atoms with E-state index in [1.165, 1.54) is 11.3 Å². The predicted octanol–water partition coefficient (Wildman–Crippen LogP) is 2.41. The Balaban J connectivity index is 1.34. The number of piperazine rings is 1. The SMILES string of the molecule is Cc1cccc(N2CCN(CCC(C)NC(=O)C3CCN(C(=O)N(C)C)CC3)CC2)c1. The molecule has 0 radical (unpaired) electrons. The maximum atomic E-state index is 12.7. The number of nitrogens with one attached hydrogen (secondary N) is 1. The Hall–Kier alpha value is -2.28. The molecule has 2 aliphatic heterocycles. The molecule has 0 saturated carbocycles.